The monoisotopic (exact) mass is 677 g/mol. The lowest BCUT2D eigenvalue weighted by atomic mass is 9.86. The van der Waals surface area contributed by atoms with E-state index in [1.807, 2.05) is 32.2 Å². The number of piperidine rings is 1. The molecular weight excluding hydrogens is 635 g/mol. The highest BCUT2D eigenvalue weighted by Crippen LogP contribution is 2.46. The van der Waals surface area contributed by atoms with Gasteiger partial charge in [0.1, 0.15) is 17.2 Å². The Balaban J connectivity index is 1.25. The second kappa shape index (κ2) is 13.2. The molecule has 0 spiro atoms. The van der Waals surface area contributed by atoms with Gasteiger partial charge < -0.3 is 24.6 Å². The minimum absolute atomic E-state index is 0.0288. The number of hydrogen-bond donors (Lipinski definition) is 2. The molecule has 0 radical (unpaired) electrons. The Labute approximate surface area is 283 Å². The smallest absolute Gasteiger partial charge is 0.418 e. The molecule has 0 unspecified atom stereocenters. The fraction of sp³-hybridized carbons (Fsp3) is 0.528. The highest BCUT2D eigenvalue weighted by molar-refractivity contribution is 5.91. The molecule has 2 N–H and O–H groups in total. The summed E-state index contributed by atoms with van der Waals surface area (Å²) in [6.07, 6.45) is 5.63. The van der Waals surface area contributed by atoms with Gasteiger partial charge in [0.15, 0.2) is 5.65 Å². The summed E-state index contributed by atoms with van der Waals surface area (Å²) in [7, 11) is 2.00. The van der Waals surface area contributed by atoms with E-state index in [0.29, 0.717) is 86.8 Å². The summed E-state index contributed by atoms with van der Waals surface area (Å²) in [6, 6.07) is 6.84. The molecule has 49 heavy (non-hydrogen) atoms. The van der Waals surface area contributed by atoms with E-state index in [9.17, 15) is 23.1 Å². The number of aromatic nitrogens is 5. The SMILES string of the molecule is CCOCC1(CN(C)c2cc(-c3cnc(C4CC4)c(C(F)(F)F)c3)nc3nc(-c4ccc(N5CCC(C(=O)O)CC5)nc4)[nH]c23)CCCC1. The molecule has 4 aromatic rings. The van der Waals surface area contributed by atoms with Gasteiger partial charge in [-0.15, -0.1) is 0 Å². The maximum atomic E-state index is 14.2. The van der Waals surface area contributed by atoms with Crippen molar-refractivity contribution < 1.29 is 27.8 Å². The molecule has 2 saturated carbocycles. The number of H-pyrrole nitrogens is 1. The van der Waals surface area contributed by atoms with E-state index in [1.54, 1.807) is 6.20 Å². The summed E-state index contributed by atoms with van der Waals surface area (Å²) < 4.78 is 48.6. The first kappa shape index (κ1) is 33.2. The second-order valence-electron chi connectivity index (χ2n) is 13.9. The lowest BCUT2D eigenvalue weighted by molar-refractivity contribution is -0.142. The molecule has 3 fully saturated rings. The van der Waals surface area contributed by atoms with Crippen molar-refractivity contribution in [3.05, 3.63) is 47.9 Å². The van der Waals surface area contributed by atoms with Crippen LogP contribution in [0, 0.1) is 11.3 Å². The van der Waals surface area contributed by atoms with Crippen LogP contribution < -0.4 is 9.80 Å². The summed E-state index contributed by atoms with van der Waals surface area (Å²) >= 11 is 0. The maximum Gasteiger partial charge on any atom is 0.418 e. The predicted molar refractivity (Wildman–Crippen MR) is 181 cm³/mol. The molecule has 13 heteroatoms. The zero-order valence-corrected chi connectivity index (χ0v) is 27.9. The highest BCUT2D eigenvalue weighted by Gasteiger charge is 2.40. The van der Waals surface area contributed by atoms with Crippen LogP contribution in [0.15, 0.2) is 36.7 Å². The number of fused-ring (bicyclic) bond motifs is 1. The zero-order valence-electron chi connectivity index (χ0n) is 27.9. The van der Waals surface area contributed by atoms with Crippen molar-refractivity contribution in [1.29, 1.82) is 0 Å². The number of carboxylic acid groups (broad SMARTS) is 1. The fourth-order valence-corrected chi connectivity index (χ4v) is 7.53. The number of pyridine rings is 3. The van der Waals surface area contributed by atoms with Crippen LogP contribution in [0.2, 0.25) is 0 Å². The van der Waals surface area contributed by atoms with Crippen molar-refractivity contribution in [2.24, 2.45) is 11.3 Å². The number of carboxylic acids is 1. The number of imidazole rings is 1. The van der Waals surface area contributed by atoms with Gasteiger partial charge in [-0.05, 0) is 69.7 Å². The molecule has 5 heterocycles. The van der Waals surface area contributed by atoms with Crippen LogP contribution in [0.3, 0.4) is 0 Å². The van der Waals surface area contributed by atoms with Gasteiger partial charge in [-0.2, -0.15) is 13.2 Å². The van der Waals surface area contributed by atoms with E-state index < -0.39 is 17.7 Å². The van der Waals surface area contributed by atoms with Gasteiger partial charge in [-0.25, -0.2) is 15.0 Å². The number of aromatic amines is 1. The Hall–Kier alpha value is -4.26. The third kappa shape index (κ3) is 6.95. The average molecular weight is 678 g/mol. The second-order valence-corrected chi connectivity index (χ2v) is 13.9. The van der Waals surface area contributed by atoms with Gasteiger partial charge >= 0.3 is 12.1 Å². The van der Waals surface area contributed by atoms with Crippen LogP contribution >= 0.6 is 0 Å². The normalized spacial score (nSPS) is 18.3. The molecule has 3 aliphatic rings. The first-order valence-electron chi connectivity index (χ1n) is 17.2. The van der Waals surface area contributed by atoms with Gasteiger partial charge in [-0.3, -0.25) is 9.78 Å². The van der Waals surface area contributed by atoms with Crippen molar-refractivity contribution in [1.82, 2.24) is 24.9 Å². The molecular formula is C36H42F3N7O3. The summed E-state index contributed by atoms with van der Waals surface area (Å²) in [5, 5.41) is 9.34. The van der Waals surface area contributed by atoms with Crippen LogP contribution in [0.25, 0.3) is 33.8 Å². The summed E-state index contributed by atoms with van der Waals surface area (Å²) in [4.78, 5) is 37.7. The number of carbonyl (C=O) groups is 1. The Bertz CT molecular complexity index is 1810. The van der Waals surface area contributed by atoms with E-state index >= 15 is 0 Å². The molecule has 1 saturated heterocycles. The molecule has 1 aliphatic heterocycles. The maximum absolute atomic E-state index is 14.2. The van der Waals surface area contributed by atoms with E-state index in [0.717, 1.165) is 42.8 Å². The molecule has 0 aromatic carbocycles. The lowest BCUT2D eigenvalue weighted by Crippen LogP contribution is -2.37. The molecule has 0 bridgehead atoms. The number of aliphatic carboxylic acids is 1. The summed E-state index contributed by atoms with van der Waals surface area (Å²) in [6.45, 7) is 5.23. The van der Waals surface area contributed by atoms with Crippen molar-refractivity contribution >= 4 is 28.6 Å². The number of rotatable bonds is 11. The van der Waals surface area contributed by atoms with Crippen molar-refractivity contribution in [2.75, 3.05) is 49.7 Å². The van der Waals surface area contributed by atoms with Gasteiger partial charge in [0, 0.05) is 68.1 Å². The van der Waals surface area contributed by atoms with Crippen molar-refractivity contribution in [3.63, 3.8) is 0 Å². The van der Waals surface area contributed by atoms with E-state index in [1.165, 1.54) is 12.3 Å². The first-order chi connectivity index (χ1) is 23.5. The van der Waals surface area contributed by atoms with Gasteiger partial charge in [0.25, 0.3) is 0 Å². The summed E-state index contributed by atoms with van der Waals surface area (Å²) in [5.74, 6) is 0.0747. The number of halogens is 3. The molecule has 0 atom stereocenters. The predicted octanol–water partition coefficient (Wildman–Crippen LogP) is 7.31. The van der Waals surface area contributed by atoms with E-state index in [2.05, 4.69) is 24.8 Å². The number of nitrogens with zero attached hydrogens (tertiary/aromatic N) is 6. The number of anilines is 2. The molecule has 7 rings (SSSR count). The van der Waals surface area contributed by atoms with Crippen LogP contribution in [0.5, 0.6) is 0 Å². The van der Waals surface area contributed by atoms with Crippen LogP contribution in [-0.4, -0.2) is 75.9 Å². The highest BCUT2D eigenvalue weighted by atomic mass is 19.4. The quantitative estimate of drug-likeness (QED) is 0.168. The van der Waals surface area contributed by atoms with Crippen LogP contribution in [-0.2, 0) is 15.7 Å². The van der Waals surface area contributed by atoms with E-state index in [4.69, 9.17) is 14.7 Å². The lowest BCUT2D eigenvalue weighted by Gasteiger charge is -2.34. The average Bonchev–Trinajstić information content (AvgIpc) is 3.69. The number of ether oxygens (including phenoxy) is 1. The third-order valence-electron chi connectivity index (χ3n) is 10.4. The van der Waals surface area contributed by atoms with Gasteiger partial charge in [-0.1, -0.05) is 12.8 Å². The molecule has 2 aliphatic carbocycles. The zero-order chi connectivity index (χ0) is 34.3. The third-order valence-corrected chi connectivity index (χ3v) is 10.4. The Kier molecular flexibility index (Phi) is 8.97. The van der Waals surface area contributed by atoms with E-state index in [-0.39, 0.29) is 22.9 Å². The molecule has 0 amide bonds. The number of alkyl halides is 3. The Morgan fingerprint density at radius 1 is 1.06 bits per heavy atom. The molecule has 260 valence electrons. The van der Waals surface area contributed by atoms with Gasteiger partial charge in [0.05, 0.1) is 35.2 Å². The minimum Gasteiger partial charge on any atom is -0.481 e. The minimum atomic E-state index is -4.52. The topological polar surface area (TPSA) is 120 Å². The number of nitrogens with one attached hydrogen (secondary N) is 1. The van der Waals surface area contributed by atoms with Crippen molar-refractivity contribution in [3.8, 4) is 22.6 Å². The Morgan fingerprint density at radius 2 is 1.80 bits per heavy atom. The largest absolute Gasteiger partial charge is 0.481 e. The van der Waals surface area contributed by atoms with Gasteiger partial charge in [0.2, 0.25) is 0 Å². The number of hydrogen-bond acceptors (Lipinski definition) is 8. The standard InChI is InChI=1S/C36H42F3N7O3/c1-3-49-21-35(12-4-5-13-35)20-45(2)28-17-27(25-16-26(36(37,38)39)30(41-19-25)22-6-7-22)42-33-31(28)43-32(44-33)24-8-9-29(40-18-24)46-14-10-23(11-15-46)34(47)48/h8-9,16-19,22-23H,3-7,10-15,20-21H2,1-2H3,(H,47,48)(H,42,43,44). The first-order valence-corrected chi connectivity index (χ1v) is 17.2. The van der Waals surface area contributed by atoms with Crippen LogP contribution in [0.1, 0.15) is 75.5 Å². The Morgan fingerprint density at radius 3 is 2.43 bits per heavy atom. The molecule has 4 aromatic heterocycles. The molecule has 10 nitrogen and oxygen atoms in total. The van der Waals surface area contributed by atoms with Crippen LogP contribution in [0.4, 0.5) is 24.7 Å². The summed E-state index contributed by atoms with van der Waals surface area (Å²) in [5.41, 5.74) is 2.63. The van der Waals surface area contributed by atoms with Crippen molar-refractivity contribution in [2.45, 2.75) is 70.4 Å². The fourth-order valence-electron chi connectivity index (χ4n) is 7.53.